The van der Waals surface area contributed by atoms with Crippen molar-refractivity contribution < 1.29 is 14.3 Å². The summed E-state index contributed by atoms with van der Waals surface area (Å²) in [6.45, 7) is 12.1. The van der Waals surface area contributed by atoms with Gasteiger partial charge in [-0.2, -0.15) is 0 Å². The quantitative estimate of drug-likeness (QED) is 0.288. The van der Waals surface area contributed by atoms with Crippen LogP contribution in [0.1, 0.15) is 73.1 Å². The lowest BCUT2D eigenvalue weighted by Crippen LogP contribution is -2.34. The molecule has 0 aliphatic carbocycles. The molecule has 3 unspecified atom stereocenters. The molecule has 0 spiro atoms. The van der Waals surface area contributed by atoms with Gasteiger partial charge in [-0.3, -0.25) is 9.59 Å². The summed E-state index contributed by atoms with van der Waals surface area (Å²) in [5.41, 5.74) is 1.19. The molecule has 0 radical (unpaired) electrons. The number of hydrogen-bond acceptors (Lipinski definition) is 3. The third kappa shape index (κ3) is 11.3. The summed E-state index contributed by atoms with van der Waals surface area (Å²) in [6.07, 6.45) is 8.56. The topological polar surface area (TPSA) is 55.4 Å². The number of carbonyl (C=O) groups excluding carboxylic acids is 2. The summed E-state index contributed by atoms with van der Waals surface area (Å²) in [7, 11) is 0. The Balaban J connectivity index is 4.59. The average molecular weight is 340 g/mol. The van der Waals surface area contributed by atoms with Crippen LogP contribution in [0.3, 0.4) is 0 Å². The van der Waals surface area contributed by atoms with Crippen LogP contribution in [0, 0.1) is 17.8 Å². The monoisotopic (exact) mass is 339 g/mol. The van der Waals surface area contributed by atoms with Crippen molar-refractivity contribution in [3.05, 3.63) is 11.6 Å². The molecule has 0 bridgehead atoms. The van der Waals surface area contributed by atoms with E-state index < -0.39 is 0 Å². The first-order chi connectivity index (χ1) is 11.4. The average Bonchev–Trinajstić information content (AvgIpc) is 2.51. The van der Waals surface area contributed by atoms with Gasteiger partial charge in [0.05, 0.1) is 5.92 Å². The van der Waals surface area contributed by atoms with E-state index in [1.807, 2.05) is 0 Å². The van der Waals surface area contributed by atoms with Crippen LogP contribution in [0.4, 0.5) is 0 Å². The summed E-state index contributed by atoms with van der Waals surface area (Å²) in [5, 5.41) is 2.94. The zero-order valence-corrected chi connectivity index (χ0v) is 16.3. The number of ether oxygens (including phenoxy) is 1. The van der Waals surface area contributed by atoms with Gasteiger partial charge >= 0.3 is 0 Å². The standard InChI is InChI=1S/C20H37NO3/c1-6-8-10-21-20(23)19(14-24-15-22)13-18(5)12-17(4)11-16(3)9-7-2/h12,15-17,19H,6-11,13-14H2,1-5H3,(H,21,23)/b18-12+. The molecule has 0 saturated carbocycles. The lowest BCUT2D eigenvalue weighted by Gasteiger charge is -2.18. The minimum Gasteiger partial charge on any atom is -0.467 e. The van der Waals surface area contributed by atoms with E-state index in [0.717, 1.165) is 18.8 Å². The van der Waals surface area contributed by atoms with Crippen molar-refractivity contribution in [3.8, 4) is 0 Å². The van der Waals surface area contributed by atoms with Crippen molar-refractivity contribution in [2.75, 3.05) is 13.2 Å². The van der Waals surface area contributed by atoms with Crippen molar-refractivity contribution in [2.45, 2.75) is 73.1 Å². The fourth-order valence-corrected chi connectivity index (χ4v) is 3.17. The molecular formula is C20H37NO3. The van der Waals surface area contributed by atoms with Gasteiger partial charge in [-0.1, -0.05) is 58.6 Å². The summed E-state index contributed by atoms with van der Waals surface area (Å²) < 4.78 is 4.86. The molecule has 0 aliphatic heterocycles. The van der Waals surface area contributed by atoms with E-state index in [2.05, 4.69) is 46.0 Å². The molecule has 0 aromatic heterocycles. The molecule has 0 aliphatic rings. The molecular weight excluding hydrogens is 302 g/mol. The van der Waals surface area contributed by atoms with E-state index in [1.54, 1.807) is 0 Å². The Bertz CT molecular complexity index is 379. The largest absolute Gasteiger partial charge is 0.467 e. The van der Waals surface area contributed by atoms with Gasteiger partial charge in [-0.25, -0.2) is 0 Å². The second kappa shape index (κ2) is 14.1. The van der Waals surface area contributed by atoms with Gasteiger partial charge in [0, 0.05) is 6.54 Å². The minimum absolute atomic E-state index is 0.0231. The molecule has 3 atom stereocenters. The highest BCUT2D eigenvalue weighted by molar-refractivity contribution is 5.79. The molecule has 24 heavy (non-hydrogen) atoms. The van der Waals surface area contributed by atoms with Gasteiger partial charge in [0.2, 0.25) is 5.91 Å². The van der Waals surface area contributed by atoms with E-state index in [4.69, 9.17) is 4.74 Å². The van der Waals surface area contributed by atoms with Gasteiger partial charge in [-0.05, 0) is 38.0 Å². The van der Waals surface area contributed by atoms with Crippen molar-refractivity contribution in [3.63, 3.8) is 0 Å². The highest BCUT2D eigenvalue weighted by Crippen LogP contribution is 2.21. The highest BCUT2D eigenvalue weighted by atomic mass is 16.5. The minimum atomic E-state index is -0.302. The molecule has 0 saturated heterocycles. The molecule has 4 heteroatoms. The number of amides is 1. The maximum atomic E-state index is 12.3. The Morgan fingerprint density at radius 3 is 2.50 bits per heavy atom. The van der Waals surface area contributed by atoms with Crippen LogP contribution in [0.15, 0.2) is 11.6 Å². The van der Waals surface area contributed by atoms with Crippen LogP contribution in [0.2, 0.25) is 0 Å². The number of hydrogen-bond donors (Lipinski definition) is 1. The number of rotatable bonds is 14. The molecule has 4 nitrogen and oxygen atoms in total. The second-order valence-electron chi connectivity index (χ2n) is 7.10. The van der Waals surface area contributed by atoms with E-state index in [1.165, 1.54) is 24.8 Å². The molecule has 0 aromatic carbocycles. The summed E-state index contributed by atoms with van der Waals surface area (Å²) >= 11 is 0. The zero-order valence-electron chi connectivity index (χ0n) is 16.3. The van der Waals surface area contributed by atoms with Gasteiger partial charge in [0.15, 0.2) is 0 Å². The molecule has 140 valence electrons. The van der Waals surface area contributed by atoms with Crippen LogP contribution >= 0.6 is 0 Å². The zero-order chi connectivity index (χ0) is 18.4. The fraction of sp³-hybridized carbons (Fsp3) is 0.800. The first-order valence-electron chi connectivity index (χ1n) is 9.44. The third-order valence-electron chi connectivity index (χ3n) is 4.26. The summed E-state index contributed by atoms with van der Waals surface area (Å²) in [4.78, 5) is 22.7. The van der Waals surface area contributed by atoms with E-state index >= 15 is 0 Å². The maximum absolute atomic E-state index is 12.3. The van der Waals surface area contributed by atoms with Crippen molar-refractivity contribution in [1.29, 1.82) is 0 Å². The summed E-state index contributed by atoms with van der Waals surface area (Å²) in [5.74, 6) is 0.900. The number of allylic oxidation sites excluding steroid dienone is 2. The number of carbonyl (C=O) groups is 2. The first kappa shape index (κ1) is 22.7. The smallest absolute Gasteiger partial charge is 0.293 e. The molecule has 1 amide bonds. The van der Waals surface area contributed by atoms with E-state index in [-0.39, 0.29) is 18.4 Å². The molecule has 1 N–H and O–H groups in total. The highest BCUT2D eigenvalue weighted by Gasteiger charge is 2.19. The Morgan fingerprint density at radius 2 is 1.92 bits per heavy atom. The SMILES string of the molecule is CCCCNC(=O)C(COC=O)C/C(C)=C/C(C)CC(C)CCC. The van der Waals surface area contributed by atoms with Crippen LogP contribution in [0.25, 0.3) is 0 Å². The third-order valence-corrected chi connectivity index (χ3v) is 4.26. The Kier molecular flexibility index (Phi) is 13.3. The number of unbranched alkanes of at least 4 members (excludes halogenated alkanes) is 1. The van der Waals surface area contributed by atoms with Crippen LogP contribution in [-0.4, -0.2) is 25.5 Å². The van der Waals surface area contributed by atoms with Crippen LogP contribution in [0.5, 0.6) is 0 Å². The van der Waals surface area contributed by atoms with Gasteiger partial charge in [0.25, 0.3) is 6.47 Å². The van der Waals surface area contributed by atoms with E-state index in [0.29, 0.717) is 25.4 Å². The predicted octanol–water partition coefficient (Wildman–Crippen LogP) is 4.49. The Morgan fingerprint density at radius 1 is 1.21 bits per heavy atom. The Hall–Kier alpha value is -1.32. The second-order valence-corrected chi connectivity index (χ2v) is 7.10. The molecule has 0 heterocycles. The maximum Gasteiger partial charge on any atom is 0.293 e. The van der Waals surface area contributed by atoms with Crippen molar-refractivity contribution in [2.24, 2.45) is 17.8 Å². The summed E-state index contributed by atoms with van der Waals surface area (Å²) in [6, 6.07) is 0. The lowest BCUT2D eigenvalue weighted by atomic mass is 9.90. The lowest BCUT2D eigenvalue weighted by molar-refractivity contribution is -0.134. The van der Waals surface area contributed by atoms with Gasteiger partial charge in [-0.15, -0.1) is 0 Å². The van der Waals surface area contributed by atoms with Crippen LogP contribution in [-0.2, 0) is 14.3 Å². The Labute approximate surface area is 148 Å². The van der Waals surface area contributed by atoms with Crippen LogP contribution < -0.4 is 5.32 Å². The first-order valence-corrected chi connectivity index (χ1v) is 9.44. The molecule has 0 aromatic rings. The molecule has 0 rings (SSSR count). The number of nitrogens with one attached hydrogen (secondary N) is 1. The predicted molar refractivity (Wildman–Crippen MR) is 99.7 cm³/mol. The van der Waals surface area contributed by atoms with Crippen molar-refractivity contribution >= 4 is 12.4 Å². The van der Waals surface area contributed by atoms with Crippen molar-refractivity contribution in [1.82, 2.24) is 5.32 Å². The normalized spacial score (nSPS) is 15.5. The van der Waals surface area contributed by atoms with Gasteiger partial charge in [0.1, 0.15) is 6.61 Å². The van der Waals surface area contributed by atoms with E-state index in [9.17, 15) is 9.59 Å². The molecule has 0 fully saturated rings. The fourth-order valence-electron chi connectivity index (χ4n) is 3.17. The van der Waals surface area contributed by atoms with Gasteiger partial charge < -0.3 is 10.1 Å².